The molecule has 0 saturated heterocycles. The van der Waals surface area contributed by atoms with E-state index in [1.165, 1.54) is 0 Å². The average molecular weight is 298 g/mol. The molecule has 0 unspecified atom stereocenters. The summed E-state index contributed by atoms with van der Waals surface area (Å²) >= 11 is 5.14. The Morgan fingerprint density at radius 3 is 2.62 bits per heavy atom. The van der Waals surface area contributed by atoms with E-state index in [0.29, 0.717) is 0 Å². The number of nitrogens with zero attached hydrogens (tertiary/aromatic N) is 3. The van der Waals surface area contributed by atoms with Gasteiger partial charge < -0.3 is 0 Å². The van der Waals surface area contributed by atoms with E-state index in [0.717, 1.165) is 25.8 Å². The number of hydrogen-bond acceptors (Lipinski definition) is 3. The van der Waals surface area contributed by atoms with Gasteiger partial charge in [0.05, 0.1) is 10.2 Å². The molecule has 0 aliphatic heterocycles. The summed E-state index contributed by atoms with van der Waals surface area (Å²) in [6, 6.07) is 4.12. The van der Waals surface area contributed by atoms with Gasteiger partial charge in [0.2, 0.25) is 0 Å². The van der Waals surface area contributed by atoms with E-state index in [4.69, 9.17) is 0 Å². The number of pyridine rings is 1. The van der Waals surface area contributed by atoms with Gasteiger partial charge in [0.1, 0.15) is 10.1 Å². The Kier molecular flexibility index (Phi) is 3.35. The molecule has 0 radical (unpaired) electrons. The Bertz CT molecular complexity index is 522. The van der Waals surface area contributed by atoms with E-state index in [9.17, 15) is 0 Å². The third-order valence-electron chi connectivity index (χ3n) is 2.10. The maximum atomic E-state index is 4.40. The summed E-state index contributed by atoms with van der Waals surface area (Å²) in [5.74, 6) is 0. The highest BCUT2D eigenvalue weighted by atomic mass is 79.9. The number of rotatable bonds is 2. The zero-order chi connectivity index (χ0) is 11.7. The third kappa shape index (κ3) is 2.47. The molecule has 0 aliphatic rings. The first kappa shape index (κ1) is 11.7. The molecule has 0 bridgehead atoms. The van der Waals surface area contributed by atoms with Crippen molar-refractivity contribution in [2.24, 2.45) is 7.05 Å². The van der Waals surface area contributed by atoms with Gasteiger partial charge in [0.25, 0.3) is 0 Å². The maximum absolute atomic E-state index is 4.40. The van der Waals surface area contributed by atoms with Gasteiger partial charge in [-0.05, 0) is 59.2 Å². The molecule has 0 spiro atoms. The molecule has 5 heteroatoms. The van der Waals surface area contributed by atoms with E-state index in [1.54, 1.807) is 11.8 Å². The largest absolute Gasteiger partial charge is 0.261 e. The van der Waals surface area contributed by atoms with E-state index in [1.807, 2.05) is 31.8 Å². The minimum atomic E-state index is 0.966. The summed E-state index contributed by atoms with van der Waals surface area (Å²) in [7, 11) is 1.94. The monoisotopic (exact) mass is 297 g/mol. The van der Waals surface area contributed by atoms with Crippen LogP contribution in [0.25, 0.3) is 0 Å². The van der Waals surface area contributed by atoms with Crippen molar-refractivity contribution in [1.82, 2.24) is 14.8 Å². The molecule has 2 aromatic heterocycles. The van der Waals surface area contributed by atoms with Crippen molar-refractivity contribution in [2.75, 3.05) is 0 Å². The Hall–Kier alpha value is -0.810. The molecule has 0 N–H and O–H groups in total. The van der Waals surface area contributed by atoms with Crippen molar-refractivity contribution in [2.45, 2.75) is 23.9 Å². The lowest BCUT2D eigenvalue weighted by atomic mass is 10.3. The Balaban J connectivity index is 2.30. The van der Waals surface area contributed by atoms with Crippen molar-refractivity contribution in [3.05, 3.63) is 34.1 Å². The van der Waals surface area contributed by atoms with Crippen LogP contribution in [0.4, 0.5) is 0 Å². The molecule has 2 rings (SSSR count). The van der Waals surface area contributed by atoms with Crippen LogP contribution in [-0.2, 0) is 7.05 Å². The fraction of sp³-hybridized carbons (Fsp3) is 0.273. The quantitative estimate of drug-likeness (QED) is 0.852. The zero-order valence-electron chi connectivity index (χ0n) is 9.36. The van der Waals surface area contributed by atoms with Crippen molar-refractivity contribution in [3.8, 4) is 0 Å². The number of aryl methyl sites for hydroxylation is 3. The first-order valence-corrected chi connectivity index (χ1v) is 6.48. The average Bonchev–Trinajstić information content (AvgIpc) is 2.50. The van der Waals surface area contributed by atoms with E-state index in [2.05, 4.69) is 38.1 Å². The van der Waals surface area contributed by atoms with Crippen molar-refractivity contribution in [1.29, 1.82) is 0 Å². The minimum absolute atomic E-state index is 0.966. The van der Waals surface area contributed by atoms with Gasteiger partial charge in [-0.1, -0.05) is 0 Å². The summed E-state index contributed by atoms with van der Waals surface area (Å²) in [6.07, 6.45) is 1.87. The maximum Gasteiger partial charge on any atom is 0.116 e. The highest BCUT2D eigenvalue weighted by molar-refractivity contribution is 9.10. The van der Waals surface area contributed by atoms with Crippen LogP contribution in [0.5, 0.6) is 0 Å². The normalized spacial score (nSPS) is 10.8. The number of aromatic nitrogens is 3. The smallest absolute Gasteiger partial charge is 0.116 e. The zero-order valence-corrected chi connectivity index (χ0v) is 11.8. The molecule has 16 heavy (non-hydrogen) atoms. The predicted octanol–water partition coefficient (Wildman–Crippen LogP) is 3.35. The molecule has 84 valence electrons. The van der Waals surface area contributed by atoms with Gasteiger partial charge in [-0.2, -0.15) is 5.10 Å². The van der Waals surface area contributed by atoms with E-state index < -0.39 is 0 Å². The summed E-state index contributed by atoms with van der Waals surface area (Å²) in [5.41, 5.74) is 2.17. The SMILES string of the molecule is Cc1cnc(Sc2cc(C)nn2C)c(Br)c1. The summed E-state index contributed by atoms with van der Waals surface area (Å²) in [4.78, 5) is 4.40. The first-order valence-electron chi connectivity index (χ1n) is 4.87. The Morgan fingerprint density at radius 1 is 1.31 bits per heavy atom. The molecule has 0 amide bonds. The highest BCUT2D eigenvalue weighted by Gasteiger charge is 2.08. The molecule has 0 fully saturated rings. The molecule has 2 aromatic rings. The van der Waals surface area contributed by atoms with Crippen molar-refractivity contribution >= 4 is 27.7 Å². The fourth-order valence-corrected chi connectivity index (χ4v) is 2.95. The van der Waals surface area contributed by atoms with E-state index in [-0.39, 0.29) is 0 Å². The molecule has 2 heterocycles. The van der Waals surface area contributed by atoms with Gasteiger partial charge in [0, 0.05) is 13.2 Å². The molecular formula is C11H12BrN3S. The summed E-state index contributed by atoms with van der Waals surface area (Å²) < 4.78 is 2.89. The van der Waals surface area contributed by atoms with Crippen LogP contribution in [0.3, 0.4) is 0 Å². The lowest BCUT2D eigenvalue weighted by Crippen LogP contribution is -1.93. The lowest BCUT2D eigenvalue weighted by molar-refractivity contribution is 0.692. The molecular weight excluding hydrogens is 286 g/mol. The van der Waals surface area contributed by atoms with Crippen LogP contribution >= 0.6 is 27.7 Å². The van der Waals surface area contributed by atoms with Gasteiger partial charge in [0.15, 0.2) is 0 Å². The molecule has 0 aliphatic carbocycles. The van der Waals surface area contributed by atoms with Gasteiger partial charge >= 0.3 is 0 Å². The standard InChI is InChI=1S/C11H12BrN3S/c1-7-4-9(12)11(13-6-7)16-10-5-8(2)14-15(10)3/h4-6H,1-3H3. The van der Waals surface area contributed by atoms with Crippen LogP contribution in [0.2, 0.25) is 0 Å². The van der Waals surface area contributed by atoms with Crippen LogP contribution in [-0.4, -0.2) is 14.8 Å². The van der Waals surface area contributed by atoms with Crippen LogP contribution in [0.15, 0.2) is 32.9 Å². The minimum Gasteiger partial charge on any atom is -0.261 e. The van der Waals surface area contributed by atoms with Crippen LogP contribution < -0.4 is 0 Å². The molecule has 0 aromatic carbocycles. The van der Waals surface area contributed by atoms with Gasteiger partial charge in [-0.15, -0.1) is 0 Å². The van der Waals surface area contributed by atoms with E-state index >= 15 is 0 Å². The van der Waals surface area contributed by atoms with Crippen molar-refractivity contribution in [3.63, 3.8) is 0 Å². The van der Waals surface area contributed by atoms with Crippen LogP contribution in [0, 0.1) is 13.8 Å². The van der Waals surface area contributed by atoms with Crippen LogP contribution in [0.1, 0.15) is 11.3 Å². The molecule has 0 atom stereocenters. The van der Waals surface area contributed by atoms with Gasteiger partial charge in [-0.3, -0.25) is 4.68 Å². The topological polar surface area (TPSA) is 30.7 Å². The number of halogens is 1. The molecule has 0 saturated carbocycles. The predicted molar refractivity (Wildman–Crippen MR) is 68.7 cm³/mol. The summed E-state index contributed by atoms with van der Waals surface area (Å²) in [6.45, 7) is 4.02. The highest BCUT2D eigenvalue weighted by Crippen LogP contribution is 2.31. The second-order valence-corrected chi connectivity index (χ2v) is 5.51. The second kappa shape index (κ2) is 4.59. The van der Waals surface area contributed by atoms with Gasteiger partial charge in [-0.25, -0.2) is 4.98 Å². The Morgan fingerprint density at radius 2 is 2.06 bits per heavy atom. The Labute approximate surface area is 107 Å². The second-order valence-electron chi connectivity index (χ2n) is 3.65. The molecule has 3 nitrogen and oxygen atoms in total. The van der Waals surface area contributed by atoms with Crippen molar-refractivity contribution < 1.29 is 0 Å². The fourth-order valence-electron chi connectivity index (χ4n) is 1.38. The lowest BCUT2D eigenvalue weighted by Gasteiger charge is -2.03. The third-order valence-corrected chi connectivity index (χ3v) is 4.08. The summed E-state index contributed by atoms with van der Waals surface area (Å²) in [5, 5.41) is 6.37. The number of hydrogen-bond donors (Lipinski definition) is 0. The first-order chi connectivity index (χ1) is 7.56.